The summed E-state index contributed by atoms with van der Waals surface area (Å²) in [5, 5.41) is 24.6. The first-order valence-corrected chi connectivity index (χ1v) is 5.30. The van der Waals surface area contributed by atoms with Crippen molar-refractivity contribution in [3.63, 3.8) is 0 Å². The Morgan fingerprint density at radius 1 is 0.947 bits per heavy atom. The third kappa shape index (κ3) is 10500. The first-order valence-electron chi connectivity index (χ1n) is 5.30. The van der Waals surface area contributed by atoms with Crippen molar-refractivity contribution in [2.24, 2.45) is 11.7 Å². The standard InChI is InChI=1S/2C3H11N2.C3H6O2.CH2O3/c2*1-5(2,3)4;1-2-3(4)5;2-1(3)4/h2*4H2,1-3H3;2H2,1H3,(H,4,5);(H2,2,3,4)/q2*+1;;/p-2. The second kappa shape index (κ2) is 13.0. The van der Waals surface area contributed by atoms with Crippen molar-refractivity contribution in [2.75, 3.05) is 42.3 Å². The predicted molar refractivity (Wildman–Crippen MR) is 67.8 cm³/mol. The van der Waals surface area contributed by atoms with Crippen molar-refractivity contribution < 1.29 is 34.1 Å². The number of aliphatic carboxylic acids is 1. The highest BCUT2D eigenvalue weighted by atomic mass is 16.6. The van der Waals surface area contributed by atoms with E-state index in [4.69, 9.17) is 26.7 Å². The predicted octanol–water partition coefficient (Wildman–Crippen LogP) is -2.83. The zero-order chi connectivity index (χ0) is 16.9. The number of carbonyl (C=O) groups is 2. The van der Waals surface area contributed by atoms with Crippen molar-refractivity contribution in [3.8, 4) is 0 Å². The van der Waals surface area contributed by atoms with Gasteiger partial charge in [0.15, 0.2) is 0 Å². The van der Waals surface area contributed by atoms with Crippen molar-refractivity contribution >= 4 is 12.1 Å². The fraction of sp³-hybridized carbons (Fsp3) is 0.800. The minimum atomic E-state index is -2.08. The Morgan fingerprint density at radius 3 is 1.00 bits per heavy atom. The number of nitrogens with zero attached hydrogens (tertiary/aromatic N) is 2. The van der Waals surface area contributed by atoms with E-state index in [1.165, 1.54) is 6.92 Å². The summed E-state index contributed by atoms with van der Waals surface area (Å²) >= 11 is 0. The van der Waals surface area contributed by atoms with E-state index in [1.54, 1.807) is 0 Å². The molecule has 0 rings (SSSR count). The van der Waals surface area contributed by atoms with Crippen LogP contribution < -0.4 is 21.9 Å². The largest absolute Gasteiger partial charge is 0.565 e. The molecule has 0 atom stereocenters. The lowest BCUT2D eigenvalue weighted by atomic mass is 10.5. The van der Waals surface area contributed by atoms with Crippen LogP contribution in [0.4, 0.5) is 4.79 Å². The van der Waals surface area contributed by atoms with Gasteiger partial charge in [-0.05, 0) is 6.42 Å². The summed E-state index contributed by atoms with van der Waals surface area (Å²) in [5.74, 6) is 9.59. The van der Waals surface area contributed by atoms with Crippen LogP contribution in [0.25, 0.3) is 0 Å². The number of rotatable bonds is 1. The first-order chi connectivity index (χ1) is 8.00. The Labute approximate surface area is 114 Å². The maximum Gasteiger partial charge on any atom is 0.249 e. The molecule has 0 heterocycles. The molecule has 0 aliphatic carbocycles. The molecular weight excluding hydrogens is 256 g/mol. The second-order valence-electron chi connectivity index (χ2n) is 5.22. The third-order valence-electron chi connectivity index (χ3n) is 0.289. The number of nitrogens with two attached hydrogens (primary N) is 2. The van der Waals surface area contributed by atoms with Gasteiger partial charge in [0, 0.05) is 5.97 Å². The van der Waals surface area contributed by atoms with Gasteiger partial charge in [-0.1, -0.05) is 6.92 Å². The van der Waals surface area contributed by atoms with E-state index < -0.39 is 12.1 Å². The summed E-state index contributed by atoms with van der Waals surface area (Å²) < 4.78 is 1.00. The quantitative estimate of drug-likeness (QED) is 0.266. The molecule has 0 aliphatic rings. The number of carboxylic acids is 1. The van der Waals surface area contributed by atoms with E-state index in [1.807, 2.05) is 42.3 Å². The summed E-state index contributed by atoms with van der Waals surface area (Å²) in [4.78, 5) is 17.7. The molecule has 0 saturated heterocycles. The summed E-state index contributed by atoms with van der Waals surface area (Å²) in [7, 11) is 11.4. The zero-order valence-corrected chi connectivity index (χ0v) is 12.8. The molecule has 0 aromatic carbocycles. The maximum absolute atomic E-state index is 9.26. The fourth-order valence-electron chi connectivity index (χ4n) is 0. The van der Waals surface area contributed by atoms with Crippen LogP contribution in [-0.4, -0.2) is 68.7 Å². The zero-order valence-electron chi connectivity index (χ0n) is 12.8. The van der Waals surface area contributed by atoms with E-state index in [0.29, 0.717) is 9.18 Å². The Bertz CT molecular complexity index is 205. The number of hydrogen-bond donors (Lipinski definition) is 3. The Balaban J connectivity index is -0.0000000793. The van der Waals surface area contributed by atoms with E-state index in [9.17, 15) is 9.90 Å². The molecular formula is C10H28N4O5. The van der Waals surface area contributed by atoms with Crippen LogP contribution in [0.3, 0.4) is 0 Å². The van der Waals surface area contributed by atoms with Gasteiger partial charge in [-0.25, -0.2) is 0 Å². The third-order valence-corrected chi connectivity index (χ3v) is 0.289. The van der Waals surface area contributed by atoms with Gasteiger partial charge in [0.05, 0.1) is 42.3 Å². The van der Waals surface area contributed by atoms with Crippen molar-refractivity contribution in [2.45, 2.75) is 13.3 Å². The number of carboxylic acid groups (broad SMARTS) is 3. The summed E-state index contributed by atoms with van der Waals surface area (Å²) in [5.41, 5.74) is 0. The van der Waals surface area contributed by atoms with Crippen LogP contribution in [0.2, 0.25) is 0 Å². The lowest BCUT2D eigenvalue weighted by Crippen LogP contribution is -2.41. The van der Waals surface area contributed by atoms with Crippen molar-refractivity contribution in [1.82, 2.24) is 0 Å². The summed E-state index contributed by atoms with van der Waals surface area (Å²) in [6.45, 7) is 1.54. The van der Waals surface area contributed by atoms with Crippen molar-refractivity contribution in [1.29, 1.82) is 0 Å². The molecule has 0 radical (unpaired) electrons. The molecule has 0 aromatic heterocycles. The molecule has 5 N–H and O–H groups in total. The lowest BCUT2D eigenvalue weighted by Gasteiger charge is -2.13. The lowest BCUT2D eigenvalue weighted by molar-refractivity contribution is -0.882. The Kier molecular flexibility index (Phi) is 18.0. The van der Waals surface area contributed by atoms with Gasteiger partial charge in [-0.2, -0.15) is 11.7 Å². The molecule has 0 saturated carbocycles. The van der Waals surface area contributed by atoms with E-state index in [2.05, 4.69) is 0 Å². The van der Waals surface area contributed by atoms with Gasteiger partial charge >= 0.3 is 0 Å². The highest BCUT2D eigenvalue weighted by Crippen LogP contribution is 1.66. The molecule has 0 aliphatic heterocycles. The van der Waals surface area contributed by atoms with Crippen LogP contribution in [-0.2, 0) is 4.79 Å². The first kappa shape index (κ1) is 26.2. The normalized spacial score (nSPS) is 9.53. The number of quaternary nitrogens is 2. The molecule has 0 spiro atoms. The Morgan fingerprint density at radius 2 is 1.00 bits per heavy atom. The minimum absolute atomic E-state index is 0.111. The second-order valence-corrected chi connectivity index (χ2v) is 5.22. The number of hydrogen-bond acceptors (Lipinski definition) is 6. The molecule has 9 heteroatoms. The Hall–Kier alpha value is -1.42. The van der Waals surface area contributed by atoms with Crippen LogP contribution >= 0.6 is 0 Å². The highest BCUT2D eigenvalue weighted by molar-refractivity contribution is 5.63. The van der Waals surface area contributed by atoms with Gasteiger partial charge < -0.3 is 24.9 Å². The average Bonchev–Trinajstić information content (AvgIpc) is 1.95. The molecule has 9 nitrogen and oxygen atoms in total. The van der Waals surface area contributed by atoms with Crippen LogP contribution in [0, 0.1) is 0 Å². The van der Waals surface area contributed by atoms with E-state index in [-0.39, 0.29) is 6.42 Å². The average molecular weight is 284 g/mol. The molecule has 0 amide bonds. The van der Waals surface area contributed by atoms with Gasteiger partial charge in [0.1, 0.15) is 0 Å². The van der Waals surface area contributed by atoms with Gasteiger partial charge in [-0.15, -0.1) is 0 Å². The highest BCUT2D eigenvalue weighted by Gasteiger charge is 1.90. The van der Waals surface area contributed by atoms with Crippen LogP contribution in [0.15, 0.2) is 0 Å². The SMILES string of the molecule is CCC(=O)[O-].C[N+](C)(C)N.C[N+](C)(C)N.O=C([O-])O. The molecule has 19 heavy (non-hydrogen) atoms. The molecule has 0 fully saturated rings. The van der Waals surface area contributed by atoms with E-state index >= 15 is 0 Å². The molecule has 0 bridgehead atoms. The summed E-state index contributed by atoms with van der Waals surface area (Å²) in [6.07, 6.45) is -1.97. The van der Waals surface area contributed by atoms with Gasteiger partial charge in [0.25, 0.3) is 0 Å². The maximum atomic E-state index is 9.26. The fourth-order valence-corrected chi connectivity index (χ4v) is 0. The van der Waals surface area contributed by atoms with Gasteiger partial charge in [0.2, 0.25) is 6.16 Å². The molecule has 118 valence electrons. The smallest absolute Gasteiger partial charge is 0.249 e. The molecule has 0 aromatic rings. The van der Waals surface area contributed by atoms with Crippen molar-refractivity contribution in [3.05, 3.63) is 0 Å². The van der Waals surface area contributed by atoms with E-state index in [0.717, 1.165) is 0 Å². The van der Waals surface area contributed by atoms with Crippen LogP contribution in [0.5, 0.6) is 0 Å². The number of carbonyl (C=O) groups excluding carboxylic acids is 1. The molecule has 0 unspecified atom stereocenters. The topological polar surface area (TPSA) is 153 Å². The monoisotopic (exact) mass is 284 g/mol. The van der Waals surface area contributed by atoms with Gasteiger partial charge in [-0.3, -0.25) is 9.18 Å². The van der Waals surface area contributed by atoms with Crippen LogP contribution in [0.1, 0.15) is 13.3 Å². The minimum Gasteiger partial charge on any atom is -0.565 e. The summed E-state index contributed by atoms with van der Waals surface area (Å²) in [6, 6.07) is 0.